The SMILES string of the molecule is O=C(O)c1ccc(C(=O)O)c([PH](=O)O)c1. The van der Waals surface area contributed by atoms with E-state index in [-0.39, 0.29) is 16.4 Å². The Balaban J connectivity index is 3.40. The van der Waals surface area contributed by atoms with Crippen molar-refractivity contribution in [3.63, 3.8) is 0 Å². The van der Waals surface area contributed by atoms with E-state index in [0.717, 1.165) is 18.2 Å². The highest BCUT2D eigenvalue weighted by molar-refractivity contribution is 7.47. The Kier molecular flexibility index (Phi) is 3.24. The summed E-state index contributed by atoms with van der Waals surface area (Å²) in [6.45, 7) is 0. The molecule has 1 unspecified atom stereocenters. The molecule has 0 heterocycles. The lowest BCUT2D eigenvalue weighted by atomic mass is 10.1. The number of aromatic carboxylic acids is 2. The Morgan fingerprint density at radius 3 is 2.13 bits per heavy atom. The van der Waals surface area contributed by atoms with Crippen molar-refractivity contribution in [2.45, 2.75) is 0 Å². The highest BCUT2D eigenvalue weighted by Gasteiger charge is 2.16. The second-order valence-electron chi connectivity index (χ2n) is 2.68. The summed E-state index contributed by atoms with van der Waals surface area (Å²) in [7, 11) is -3.24. The van der Waals surface area contributed by atoms with E-state index in [9.17, 15) is 14.2 Å². The predicted molar refractivity (Wildman–Crippen MR) is 51.2 cm³/mol. The van der Waals surface area contributed by atoms with Crippen molar-refractivity contribution in [1.82, 2.24) is 0 Å². The molecule has 0 fully saturated rings. The molecular formula is C8H7O6P. The molecule has 0 bridgehead atoms. The molecular weight excluding hydrogens is 223 g/mol. The standard InChI is InChI=1S/C8H7O6P/c9-7(10)4-1-2-5(8(11)12)6(3-4)15(13)14/h1-3,15H,(H,9,10)(H,11,12)(H,13,14). The number of benzene rings is 1. The van der Waals surface area contributed by atoms with E-state index in [1.54, 1.807) is 0 Å². The minimum absolute atomic E-state index is 0.220. The van der Waals surface area contributed by atoms with Crippen LogP contribution < -0.4 is 5.30 Å². The molecule has 0 aliphatic heterocycles. The Bertz CT molecular complexity index is 452. The lowest BCUT2D eigenvalue weighted by molar-refractivity contribution is 0.0682. The maximum absolute atomic E-state index is 10.8. The summed E-state index contributed by atoms with van der Waals surface area (Å²) in [6.07, 6.45) is 0. The molecule has 0 radical (unpaired) electrons. The van der Waals surface area contributed by atoms with Crippen LogP contribution >= 0.6 is 8.03 Å². The molecule has 1 atom stereocenters. The van der Waals surface area contributed by atoms with Gasteiger partial charge in [0.05, 0.1) is 11.1 Å². The normalized spacial score (nSPS) is 12.1. The van der Waals surface area contributed by atoms with Gasteiger partial charge in [-0.05, 0) is 18.2 Å². The maximum atomic E-state index is 10.8. The van der Waals surface area contributed by atoms with Crippen molar-refractivity contribution in [1.29, 1.82) is 0 Å². The second kappa shape index (κ2) is 4.25. The van der Waals surface area contributed by atoms with Gasteiger partial charge >= 0.3 is 11.9 Å². The number of carbonyl (C=O) groups is 2. The van der Waals surface area contributed by atoms with Gasteiger partial charge in [0.25, 0.3) is 0 Å². The molecule has 0 aliphatic rings. The zero-order valence-corrected chi connectivity index (χ0v) is 8.30. The summed E-state index contributed by atoms with van der Waals surface area (Å²) in [5.74, 6) is -2.65. The van der Waals surface area contributed by atoms with Crippen LogP contribution in [0.5, 0.6) is 0 Å². The fourth-order valence-electron chi connectivity index (χ4n) is 1.04. The first-order valence-electron chi connectivity index (χ1n) is 3.77. The Morgan fingerprint density at radius 1 is 1.13 bits per heavy atom. The summed E-state index contributed by atoms with van der Waals surface area (Å²) >= 11 is 0. The van der Waals surface area contributed by atoms with Crippen LogP contribution in [0.15, 0.2) is 18.2 Å². The van der Waals surface area contributed by atoms with E-state index in [4.69, 9.17) is 15.1 Å². The lowest BCUT2D eigenvalue weighted by Gasteiger charge is -2.03. The Labute approximate surface area is 84.7 Å². The third kappa shape index (κ3) is 2.43. The average molecular weight is 230 g/mol. The molecule has 15 heavy (non-hydrogen) atoms. The monoisotopic (exact) mass is 230 g/mol. The van der Waals surface area contributed by atoms with Gasteiger partial charge in [0.15, 0.2) is 0 Å². The van der Waals surface area contributed by atoms with Crippen LogP contribution in [-0.4, -0.2) is 27.0 Å². The second-order valence-corrected chi connectivity index (χ2v) is 3.82. The summed E-state index contributed by atoms with van der Waals surface area (Å²) in [5.41, 5.74) is -0.575. The van der Waals surface area contributed by atoms with Gasteiger partial charge in [0, 0.05) is 5.30 Å². The van der Waals surface area contributed by atoms with Crippen molar-refractivity contribution in [3.8, 4) is 0 Å². The van der Waals surface area contributed by atoms with Crippen molar-refractivity contribution in [3.05, 3.63) is 29.3 Å². The molecule has 0 amide bonds. The number of hydrogen-bond acceptors (Lipinski definition) is 3. The zero-order chi connectivity index (χ0) is 11.6. The molecule has 0 saturated carbocycles. The summed E-state index contributed by atoms with van der Waals surface area (Å²) in [6, 6.07) is 2.97. The van der Waals surface area contributed by atoms with E-state index in [0.29, 0.717) is 0 Å². The molecule has 7 heteroatoms. The molecule has 1 rings (SSSR count). The van der Waals surface area contributed by atoms with E-state index in [1.165, 1.54) is 0 Å². The lowest BCUT2D eigenvalue weighted by Crippen LogP contribution is -2.14. The number of carboxylic acid groups (broad SMARTS) is 2. The first kappa shape index (κ1) is 11.4. The van der Waals surface area contributed by atoms with Gasteiger partial charge < -0.3 is 15.1 Å². The first-order valence-corrected chi connectivity index (χ1v) is 5.13. The van der Waals surface area contributed by atoms with Gasteiger partial charge in [-0.1, -0.05) is 0 Å². The van der Waals surface area contributed by atoms with E-state index in [1.807, 2.05) is 0 Å². The molecule has 1 aromatic rings. The van der Waals surface area contributed by atoms with E-state index < -0.39 is 20.0 Å². The summed E-state index contributed by atoms with van der Waals surface area (Å²) in [4.78, 5) is 30.0. The van der Waals surface area contributed by atoms with Crippen molar-refractivity contribution < 1.29 is 29.3 Å². The van der Waals surface area contributed by atoms with Crippen LogP contribution in [-0.2, 0) is 4.57 Å². The topological polar surface area (TPSA) is 112 Å². The van der Waals surface area contributed by atoms with E-state index >= 15 is 0 Å². The molecule has 0 aromatic heterocycles. The van der Waals surface area contributed by atoms with Crippen LogP contribution in [0.4, 0.5) is 0 Å². The highest BCUT2D eigenvalue weighted by atomic mass is 31.1. The van der Waals surface area contributed by atoms with Gasteiger partial charge in [-0.3, -0.25) is 4.57 Å². The molecule has 0 saturated heterocycles. The van der Waals surface area contributed by atoms with Crippen molar-refractivity contribution in [2.75, 3.05) is 0 Å². The van der Waals surface area contributed by atoms with Crippen LogP contribution in [0.3, 0.4) is 0 Å². The predicted octanol–water partition coefficient (Wildman–Crippen LogP) is 0.175. The van der Waals surface area contributed by atoms with Crippen molar-refractivity contribution >= 4 is 25.3 Å². The van der Waals surface area contributed by atoms with Gasteiger partial charge in [0.1, 0.15) is 0 Å². The summed E-state index contributed by atoms with van der Waals surface area (Å²) < 4.78 is 10.8. The third-order valence-electron chi connectivity index (χ3n) is 1.73. The van der Waals surface area contributed by atoms with Crippen LogP contribution in [0.25, 0.3) is 0 Å². The smallest absolute Gasteiger partial charge is 0.336 e. The fraction of sp³-hybridized carbons (Fsp3) is 0. The maximum Gasteiger partial charge on any atom is 0.336 e. The Hall–Kier alpha value is -1.65. The molecule has 6 nitrogen and oxygen atoms in total. The number of rotatable bonds is 3. The average Bonchev–Trinajstić information content (AvgIpc) is 2.16. The minimum atomic E-state index is -3.24. The molecule has 0 aliphatic carbocycles. The molecule has 0 spiro atoms. The third-order valence-corrected chi connectivity index (χ3v) is 2.60. The molecule has 80 valence electrons. The van der Waals surface area contributed by atoms with Crippen LogP contribution in [0.1, 0.15) is 20.7 Å². The van der Waals surface area contributed by atoms with Crippen LogP contribution in [0, 0.1) is 0 Å². The van der Waals surface area contributed by atoms with Crippen LogP contribution in [0.2, 0.25) is 0 Å². The zero-order valence-electron chi connectivity index (χ0n) is 7.30. The molecule has 3 N–H and O–H groups in total. The number of carboxylic acids is 2. The molecule has 1 aromatic carbocycles. The largest absolute Gasteiger partial charge is 0.478 e. The van der Waals surface area contributed by atoms with Crippen molar-refractivity contribution in [2.24, 2.45) is 0 Å². The van der Waals surface area contributed by atoms with Gasteiger partial charge in [0.2, 0.25) is 8.03 Å². The fourth-order valence-corrected chi connectivity index (χ4v) is 1.74. The van der Waals surface area contributed by atoms with Gasteiger partial charge in [-0.15, -0.1) is 0 Å². The quantitative estimate of drug-likeness (QED) is 0.638. The van der Waals surface area contributed by atoms with Gasteiger partial charge in [-0.25, -0.2) is 9.59 Å². The Morgan fingerprint density at radius 2 is 1.73 bits per heavy atom. The van der Waals surface area contributed by atoms with E-state index in [2.05, 4.69) is 0 Å². The first-order chi connectivity index (χ1) is 6.93. The number of hydrogen-bond donors (Lipinski definition) is 3. The minimum Gasteiger partial charge on any atom is -0.478 e. The van der Waals surface area contributed by atoms with Gasteiger partial charge in [-0.2, -0.15) is 0 Å². The summed E-state index contributed by atoms with van der Waals surface area (Å²) in [5, 5.41) is 16.9. The highest BCUT2D eigenvalue weighted by Crippen LogP contribution is 2.17.